The van der Waals surface area contributed by atoms with Crippen molar-refractivity contribution in [3.05, 3.63) is 6.92 Å². The molecule has 0 heterocycles. The standard InChI is InChI=1S/C9H20P/c1-5-7-9(4)10-8(3)6-2/h8-10H,4-7H2,1-3H3/q-1. The van der Waals surface area contributed by atoms with Gasteiger partial charge in [-0.15, -0.1) is 8.58 Å². The fraction of sp³-hybridized carbons (Fsp3) is 0.889. The van der Waals surface area contributed by atoms with Crippen molar-refractivity contribution in [3.63, 3.8) is 0 Å². The van der Waals surface area contributed by atoms with Crippen molar-refractivity contribution in [1.29, 1.82) is 0 Å². The fourth-order valence-corrected chi connectivity index (χ4v) is 2.45. The predicted molar refractivity (Wildman–Crippen MR) is 52.1 cm³/mol. The lowest BCUT2D eigenvalue weighted by atomic mass is 10.3. The van der Waals surface area contributed by atoms with Crippen LogP contribution < -0.4 is 0 Å². The summed E-state index contributed by atoms with van der Waals surface area (Å²) in [5, 5.41) is 0. The van der Waals surface area contributed by atoms with E-state index in [9.17, 15) is 0 Å². The second-order valence-electron chi connectivity index (χ2n) is 2.96. The van der Waals surface area contributed by atoms with Gasteiger partial charge in [0, 0.05) is 0 Å². The van der Waals surface area contributed by atoms with Crippen LogP contribution in [-0.2, 0) is 0 Å². The molecule has 0 aromatic rings. The van der Waals surface area contributed by atoms with Crippen LogP contribution in [0.25, 0.3) is 0 Å². The van der Waals surface area contributed by atoms with E-state index >= 15 is 0 Å². The van der Waals surface area contributed by atoms with Gasteiger partial charge in [-0.2, -0.15) is 5.66 Å². The van der Waals surface area contributed by atoms with Crippen LogP contribution in [0, 0.1) is 6.92 Å². The maximum absolute atomic E-state index is 4.13. The summed E-state index contributed by atoms with van der Waals surface area (Å²) in [5.41, 5.74) is 1.62. The summed E-state index contributed by atoms with van der Waals surface area (Å²) in [6, 6.07) is 0. The van der Waals surface area contributed by atoms with Gasteiger partial charge < -0.3 is 6.92 Å². The molecule has 0 aliphatic carbocycles. The molecule has 10 heavy (non-hydrogen) atoms. The van der Waals surface area contributed by atoms with Gasteiger partial charge in [0.05, 0.1) is 0 Å². The Bertz CT molecular complexity index is 71.1. The minimum absolute atomic E-state index is 0.722. The quantitative estimate of drug-likeness (QED) is 0.425. The van der Waals surface area contributed by atoms with E-state index in [2.05, 4.69) is 27.7 Å². The van der Waals surface area contributed by atoms with Gasteiger partial charge in [0.2, 0.25) is 0 Å². The first kappa shape index (κ1) is 10.4. The number of hydrogen-bond donors (Lipinski definition) is 0. The van der Waals surface area contributed by atoms with Crippen LogP contribution in [0.3, 0.4) is 0 Å². The molecule has 0 aromatic carbocycles. The highest BCUT2D eigenvalue weighted by Crippen LogP contribution is 2.29. The number of rotatable bonds is 5. The summed E-state index contributed by atoms with van der Waals surface area (Å²) in [5.74, 6) is 0. The molecule has 0 aliphatic rings. The van der Waals surface area contributed by atoms with E-state index in [1.807, 2.05) is 0 Å². The third-order valence-electron chi connectivity index (χ3n) is 1.77. The molecule has 0 saturated heterocycles. The van der Waals surface area contributed by atoms with Gasteiger partial charge >= 0.3 is 0 Å². The van der Waals surface area contributed by atoms with Crippen molar-refractivity contribution < 1.29 is 0 Å². The van der Waals surface area contributed by atoms with E-state index in [-0.39, 0.29) is 0 Å². The summed E-state index contributed by atoms with van der Waals surface area (Å²) in [7, 11) is 1.08. The Morgan fingerprint density at radius 3 is 2.40 bits per heavy atom. The Hall–Kier alpha value is 0.430. The van der Waals surface area contributed by atoms with E-state index in [0.29, 0.717) is 0 Å². The van der Waals surface area contributed by atoms with Crippen molar-refractivity contribution >= 4 is 8.58 Å². The maximum Gasteiger partial charge on any atom is -0.0288 e. The molecule has 0 bridgehead atoms. The van der Waals surface area contributed by atoms with Gasteiger partial charge in [0.25, 0.3) is 0 Å². The summed E-state index contributed by atoms with van der Waals surface area (Å²) >= 11 is 0. The fourth-order valence-electron chi connectivity index (χ4n) is 0.952. The number of hydrogen-bond acceptors (Lipinski definition) is 0. The third-order valence-corrected chi connectivity index (χ3v) is 3.51. The molecule has 0 fully saturated rings. The highest BCUT2D eigenvalue weighted by molar-refractivity contribution is 7.39. The molecule has 0 nitrogen and oxygen atoms in total. The summed E-state index contributed by atoms with van der Waals surface area (Å²) < 4.78 is 0. The summed E-state index contributed by atoms with van der Waals surface area (Å²) in [6.07, 6.45) is 3.91. The monoisotopic (exact) mass is 159 g/mol. The summed E-state index contributed by atoms with van der Waals surface area (Å²) in [6.45, 7) is 10.9. The first-order valence-electron chi connectivity index (χ1n) is 4.29. The average Bonchev–Trinajstić information content (AvgIpc) is 1.88. The van der Waals surface area contributed by atoms with Gasteiger partial charge in [-0.05, 0) is 12.1 Å². The maximum atomic E-state index is 4.13. The van der Waals surface area contributed by atoms with E-state index in [1.54, 1.807) is 0 Å². The van der Waals surface area contributed by atoms with Crippen LogP contribution in [0.2, 0.25) is 0 Å². The van der Waals surface area contributed by atoms with E-state index in [4.69, 9.17) is 0 Å². The molecule has 62 valence electrons. The Balaban J connectivity index is 3.27. The SMILES string of the molecule is [CH2-]C(CCC)PC(C)CC. The topological polar surface area (TPSA) is 0 Å². The van der Waals surface area contributed by atoms with Crippen LogP contribution in [0.5, 0.6) is 0 Å². The molecular formula is C9H20P-. The Morgan fingerprint density at radius 1 is 1.40 bits per heavy atom. The largest absolute Gasteiger partial charge is 0.336 e. The second kappa shape index (κ2) is 6.16. The first-order valence-corrected chi connectivity index (χ1v) is 5.45. The van der Waals surface area contributed by atoms with E-state index < -0.39 is 0 Å². The zero-order valence-electron chi connectivity index (χ0n) is 7.48. The van der Waals surface area contributed by atoms with Gasteiger partial charge in [-0.25, -0.2) is 0 Å². The smallest absolute Gasteiger partial charge is 0.0288 e. The van der Waals surface area contributed by atoms with Crippen LogP contribution in [-0.4, -0.2) is 11.3 Å². The zero-order valence-corrected chi connectivity index (χ0v) is 8.48. The molecule has 0 aliphatic heterocycles. The molecule has 0 aromatic heterocycles. The lowest BCUT2D eigenvalue weighted by Crippen LogP contribution is -2.00. The van der Waals surface area contributed by atoms with Gasteiger partial charge in [-0.1, -0.05) is 33.6 Å². The van der Waals surface area contributed by atoms with Crippen LogP contribution in [0.4, 0.5) is 0 Å². The molecule has 0 rings (SSSR count). The van der Waals surface area contributed by atoms with Crippen LogP contribution >= 0.6 is 8.58 Å². The minimum Gasteiger partial charge on any atom is -0.336 e. The predicted octanol–water partition coefficient (Wildman–Crippen LogP) is 3.47. The van der Waals surface area contributed by atoms with E-state index in [0.717, 1.165) is 19.9 Å². The Morgan fingerprint density at radius 2 is 2.00 bits per heavy atom. The highest BCUT2D eigenvalue weighted by Gasteiger charge is 1.99. The Kier molecular flexibility index (Phi) is 6.43. The van der Waals surface area contributed by atoms with Gasteiger partial charge in [0.15, 0.2) is 0 Å². The van der Waals surface area contributed by atoms with Crippen molar-refractivity contribution in [1.82, 2.24) is 0 Å². The van der Waals surface area contributed by atoms with Crippen LogP contribution in [0.1, 0.15) is 40.0 Å². The lowest BCUT2D eigenvalue weighted by molar-refractivity contribution is 0.806. The van der Waals surface area contributed by atoms with E-state index in [1.165, 1.54) is 19.3 Å². The Labute approximate surface area is 67.6 Å². The molecule has 1 heteroatoms. The molecule has 0 amide bonds. The molecule has 3 unspecified atom stereocenters. The lowest BCUT2D eigenvalue weighted by Gasteiger charge is -2.20. The van der Waals surface area contributed by atoms with Gasteiger partial charge in [0.1, 0.15) is 0 Å². The van der Waals surface area contributed by atoms with Crippen molar-refractivity contribution in [3.8, 4) is 0 Å². The molecule has 0 saturated carbocycles. The molecular weight excluding hydrogens is 139 g/mol. The van der Waals surface area contributed by atoms with Crippen LogP contribution in [0.15, 0.2) is 0 Å². The normalized spacial score (nSPS) is 18.0. The van der Waals surface area contributed by atoms with Crippen molar-refractivity contribution in [2.75, 3.05) is 0 Å². The first-order chi connectivity index (χ1) is 4.70. The third kappa shape index (κ3) is 5.23. The van der Waals surface area contributed by atoms with Crippen molar-refractivity contribution in [2.45, 2.75) is 51.4 Å². The molecule has 0 radical (unpaired) electrons. The molecule has 3 atom stereocenters. The summed E-state index contributed by atoms with van der Waals surface area (Å²) in [4.78, 5) is 0. The minimum atomic E-state index is 0.722. The second-order valence-corrected chi connectivity index (χ2v) is 5.10. The van der Waals surface area contributed by atoms with Crippen molar-refractivity contribution in [2.24, 2.45) is 0 Å². The van der Waals surface area contributed by atoms with Gasteiger partial charge in [-0.3, -0.25) is 0 Å². The highest BCUT2D eigenvalue weighted by atomic mass is 31.1. The molecule has 0 N–H and O–H groups in total. The zero-order chi connectivity index (χ0) is 7.98. The average molecular weight is 159 g/mol. The molecule has 0 spiro atoms.